The molecule has 1 saturated carbocycles. The minimum Gasteiger partial charge on any atom is -0.378 e. The van der Waals surface area contributed by atoms with Gasteiger partial charge >= 0.3 is 0 Å². The van der Waals surface area contributed by atoms with Crippen molar-refractivity contribution >= 4 is 18.3 Å². The van der Waals surface area contributed by atoms with Crippen LogP contribution in [0.25, 0.3) is 0 Å². The van der Waals surface area contributed by atoms with Gasteiger partial charge in [0.2, 0.25) is 5.91 Å². The predicted molar refractivity (Wildman–Crippen MR) is 67.6 cm³/mol. The van der Waals surface area contributed by atoms with Crippen LogP contribution in [0.1, 0.15) is 46.0 Å². The standard InChI is InChI=1S/C12H23NO2.ClH/c1-9(2)8-15-11-5-3-10(4-6-11)7-12(13)14;/h9-11H,3-8H2,1-2H3,(H2,13,14);1H. The molecule has 1 rings (SSSR count). The monoisotopic (exact) mass is 249 g/mol. The highest BCUT2D eigenvalue weighted by atomic mass is 35.5. The van der Waals surface area contributed by atoms with Gasteiger partial charge in [-0.15, -0.1) is 12.4 Å². The minimum absolute atomic E-state index is 0. The molecule has 2 N–H and O–H groups in total. The number of ether oxygens (including phenoxy) is 1. The molecular formula is C12H24ClNO2. The highest BCUT2D eigenvalue weighted by molar-refractivity contribution is 5.85. The fourth-order valence-electron chi connectivity index (χ4n) is 2.12. The Hall–Kier alpha value is -0.280. The fraction of sp³-hybridized carbons (Fsp3) is 0.917. The van der Waals surface area contributed by atoms with Crippen molar-refractivity contribution in [3.8, 4) is 0 Å². The average molecular weight is 250 g/mol. The van der Waals surface area contributed by atoms with Crippen LogP contribution in [-0.2, 0) is 9.53 Å². The summed E-state index contributed by atoms with van der Waals surface area (Å²) in [5.74, 6) is 0.941. The van der Waals surface area contributed by atoms with Crippen molar-refractivity contribution in [1.29, 1.82) is 0 Å². The second kappa shape index (κ2) is 7.91. The molecule has 0 atom stereocenters. The van der Waals surface area contributed by atoms with Gasteiger partial charge in [0.25, 0.3) is 0 Å². The highest BCUT2D eigenvalue weighted by Gasteiger charge is 2.22. The Kier molecular flexibility index (Phi) is 7.77. The summed E-state index contributed by atoms with van der Waals surface area (Å²) in [5.41, 5.74) is 5.19. The van der Waals surface area contributed by atoms with E-state index in [1.54, 1.807) is 0 Å². The third-order valence-corrected chi connectivity index (χ3v) is 2.95. The van der Waals surface area contributed by atoms with Gasteiger partial charge in [0, 0.05) is 13.0 Å². The zero-order valence-electron chi connectivity index (χ0n) is 10.3. The molecule has 0 aromatic carbocycles. The van der Waals surface area contributed by atoms with Crippen LogP contribution in [0.2, 0.25) is 0 Å². The first-order valence-corrected chi connectivity index (χ1v) is 5.97. The van der Waals surface area contributed by atoms with Crippen molar-refractivity contribution in [2.24, 2.45) is 17.6 Å². The molecule has 0 saturated heterocycles. The molecule has 0 heterocycles. The second-order valence-corrected chi connectivity index (χ2v) is 5.04. The van der Waals surface area contributed by atoms with E-state index in [4.69, 9.17) is 10.5 Å². The van der Waals surface area contributed by atoms with Gasteiger partial charge in [-0.05, 0) is 37.5 Å². The normalized spacial score (nSPS) is 25.2. The van der Waals surface area contributed by atoms with Gasteiger partial charge in [0.1, 0.15) is 0 Å². The number of nitrogens with two attached hydrogens (primary N) is 1. The molecule has 1 amide bonds. The first-order chi connectivity index (χ1) is 7.08. The molecule has 3 nitrogen and oxygen atoms in total. The lowest BCUT2D eigenvalue weighted by Gasteiger charge is -2.28. The molecule has 16 heavy (non-hydrogen) atoms. The lowest BCUT2D eigenvalue weighted by Crippen LogP contribution is -2.26. The van der Waals surface area contributed by atoms with Crippen LogP contribution in [0.3, 0.4) is 0 Å². The molecule has 1 aliphatic rings. The predicted octanol–water partition coefficient (Wildman–Crippen LogP) is 2.52. The molecule has 0 spiro atoms. The van der Waals surface area contributed by atoms with Crippen molar-refractivity contribution in [1.82, 2.24) is 0 Å². The van der Waals surface area contributed by atoms with Gasteiger partial charge in [-0.1, -0.05) is 13.8 Å². The van der Waals surface area contributed by atoms with Crippen molar-refractivity contribution in [2.45, 2.75) is 52.1 Å². The maximum atomic E-state index is 10.8. The number of halogens is 1. The molecule has 0 aromatic rings. The Labute approximate surface area is 105 Å². The van der Waals surface area contributed by atoms with Gasteiger partial charge in [0.05, 0.1) is 6.10 Å². The molecule has 0 aliphatic heterocycles. The van der Waals surface area contributed by atoms with Crippen molar-refractivity contribution < 1.29 is 9.53 Å². The zero-order valence-corrected chi connectivity index (χ0v) is 11.1. The number of carbonyl (C=O) groups is 1. The van der Waals surface area contributed by atoms with E-state index in [1.165, 1.54) is 0 Å². The quantitative estimate of drug-likeness (QED) is 0.814. The molecule has 0 bridgehead atoms. The number of rotatable bonds is 5. The molecule has 4 heteroatoms. The average Bonchev–Trinajstić information content (AvgIpc) is 2.16. The third-order valence-electron chi connectivity index (χ3n) is 2.95. The summed E-state index contributed by atoms with van der Waals surface area (Å²) < 4.78 is 5.78. The molecule has 0 aromatic heterocycles. The molecule has 0 unspecified atom stereocenters. The van der Waals surface area contributed by atoms with E-state index < -0.39 is 0 Å². The number of hydrogen-bond donors (Lipinski definition) is 1. The van der Waals surface area contributed by atoms with Crippen LogP contribution in [0.5, 0.6) is 0 Å². The molecular weight excluding hydrogens is 226 g/mol. The van der Waals surface area contributed by atoms with E-state index in [-0.39, 0.29) is 18.3 Å². The number of carbonyl (C=O) groups excluding carboxylic acids is 1. The first-order valence-electron chi connectivity index (χ1n) is 5.97. The van der Waals surface area contributed by atoms with E-state index in [1.807, 2.05) is 0 Å². The van der Waals surface area contributed by atoms with Crippen LogP contribution in [0.4, 0.5) is 0 Å². The maximum absolute atomic E-state index is 10.8. The first kappa shape index (κ1) is 15.7. The summed E-state index contributed by atoms with van der Waals surface area (Å²) in [7, 11) is 0. The summed E-state index contributed by atoms with van der Waals surface area (Å²) in [4.78, 5) is 10.8. The van der Waals surface area contributed by atoms with Crippen LogP contribution in [0.15, 0.2) is 0 Å². The van der Waals surface area contributed by atoms with E-state index in [0.29, 0.717) is 24.4 Å². The number of amides is 1. The van der Waals surface area contributed by atoms with Crippen LogP contribution in [-0.4, -0.2) is 18.6 Å². The second-order valence-electron chi connectivity index (χ2n) is 5.04. The smallest absolute Gasteiger partial charge is 0.217 e. The van der Waals surface area contributed by atoms with Crippen molar-refractivity contribution in [3.05, 3.63) is 0 Å². The van der Waals surface area contributed by atoms with Crippen LogP contribution < -0.4 is 5.73 Å². The van der Waals surface area contributed by atoms with Gasteiger partial charge in [0.15, 0.2) is 0 Å². The molecule has 96 valence electrons. The van der Waals surface area contributed by atoms with E-state index in [0.717, 1.165) is 32.3 Å². The Balaban J connectivity index is 0.00000225. The fourth-order valence-corrected chi connectivity index (χ4v) is 2.12. The van der Waals surface area contributed by atoms with Gasteiger partial charge < -0.3 is 10.5 Å². The van der Waals surface area contributed by atoms with E-state index in [9.17, 15) is 4.79 Å². The summed E-state index contributed by atoms with van der Waals surface area (Å²) in [6.07, 6.45) is 5.32. The molecule has 1 fully saturated rings. The number of hydrogen-bond acceptors (Lipinski definition) is 2. The summed E-state index contributed by atoms with van der Waals surface area (Å²) in [6, 6.07) is 0. The summed E-state index contributed by atoms with van der Waals surface area (Å²) in [6.45, 7) is 5.18. The summed E-state index contributed by atoms with van der Waals surface area (Å²) >= 11 is 0. The van der Waals surface area contributed by atoms with Gasteiger partial charge in [-0.2, -0.15) is 0 Å². The third kappa shape index (κ3) is 6.33. The van der Waals surface area contributed by atoms with Gasteiger partial charge in [-0.3, -0.25) is 4.79 Å². The van der Waals surface area contributed by atoms with Crippen molar-refractivity contribution in [3.63, 3.8) is 0 Å². The Morgan fingerprint density at radius 1 is 1.31 bits per heavy atom. The largest absolute Gasteiger partial charge is 0.378 e. The van der Waals surface area contributed by atoms with Crippen LogP contribution >= 0.6 is 12.4 Å². The van der Waals surface area contributed by atoms with Crippen LogP contribution in [0, 0.1) is 11.8 Å². The minimum atomic E-state index is -0.165. The van der Waals surface area contributed by atoms with E-state index in [2.05, 4.69) is 13.8 Å². The molecule has 0 radical (unpaired) electrons. The van der Waals surface area contributed by atoms with Crippen molar-refractivity contribution in [2.75, 3.05) is 6.61 Å². The Morgan fingerprint density at radius 3 is 2.31 bits per heavy atom. The SMILES string of the molecule is CC(C)COC1CCC(CC(N)=O)CC1.Cl. The lowest BCUT2D eigenvalue weighted by atomic mass is 9.85. The highest BCUT2D eigenvalue weighted by Crippen LogP contribution is 2.28. The lowest BCUT2D eigenvalue weighted by molar-refractivity contribution is -0.119. The van der Waals surface area contributed by atoms with Gasteiger partial charge in [-0.25, -0.2) is 0 Å². The Morgan fingerprint density at radius 2 is 1.88 bits per heavy atom. The molecule has 1 aliphatic carbocycles. The summed E-state index contributed by atoms with van der Waals surface area (Å²) in [5, 5.41) is 0. The zero-order chi connectivity index (χ0) is 11.3. The topological polar surface area (TPSA) is 52.3 Å². The van der Waals surface area contributed by atoms with E-state index >= 15 is 0 Å². The maximum Gasteiger partial charge on any atom is 0.217 e. The Bertz CT molecular complexity index is 201. The number of primary amides is 1.